The molecular weight excluding hydrogens is 204 g/mol. The van der Waals surface area contributed by atoms with E-state index in [0.29, 0.717) is 10.6 Å². The summed E-state index contributed by atoms with van der Waals surface area (Å²) in [6.45, 7) is 1.59. The molecule has 0 aliphatic carbocycles. The van der Waals surface area contributed by atoms with E-state index in [1.807, 2.05) is 0 Å². The van der Waals surface area contributed by atoms with Crippen LogP contribution in [-0.2, 0) is 0 Å². The monoisotopic (exact) mass is 214 g/mol. The lowest BCUT2D eigenvalue weighted by Crippen LogP contribution is -2.35. The summed E-state index contributed by atoms with van der Waals surface area (Å²) in [5.41, 5.74) is 0.314. The van der Waals surface area contributed by atoms with Crippen LogP contribution in [0.25, 0.3) is 0 Å². The maximum atomic E-state index is 11.5. The fraction of sp³-hybridized carbons (Fsp3) is 0.333. The van der Waals surface area contributed by atoms with Gasteiger partial charge in [0, 0.05) is 18.4 Å². The number of aliphatic hydroxyl groups excluding tert-OH is 1. The number of halogens is 1. The number of amides is 1. The van der Waals surface area contributed by atoms with Gasteiger partial charge in [0.15, 0.2) is 0 Å². The van der Waals surface area contributed by atoms with E-state index in [0.717, 1.165) is 0 Å². The van der Waals surface area contributed by atoms with Gasteiger partial charge in [-0.15, -0.1) is 0 Å². The normalized spacial score (nSPS) is 12.2. The molecule has 0 aliphatic rings. The van der Waals surface area contributed by atoms with E-state index in [2.05, 4.69) is 10.3 Å². The summed E-state index contributed by atoms with van der Waals surface area (Å²) in [4.78, 5) is 15.3. The molecule has 1 rings (SSSR count). The van der Waals surface area contributed by atoms with Gasteiger partial charge in [0.2, 0.25) is 0 Å². The minimum Gasteiger partial charge on any atom is -0.394 e. The van der Waals surface area contributed by atoms with Crippen molar-refractivity contribution in [2.24, 2.45) is 0 Å². The lowest BCUT2D eigenvalue weighted by Gasteiger charge is -2.10. The third kappa shape index (κ3) is 2.68. The maximum absolute atomic E-state index is 11.5. The van der Waals surface area contributed by atoms with Crippen molar-refractivity contribution in [2.75, 3.05) is 6.61 Å². The summed E-state index contributed by atoms with van der Waals surface area (Å²) in [7, 11) is 0. The lowest BCUT2D eigenvalue weighted by atomic mass is 10.2. The van der Waals surface area contributed by atoms with Crippen LogP contribution in [0.1, 0.15) is 17.3 Å². The first-order valence-electron chi connectivity index (χ1n) is 4.16. The Morgan fingerprint density at radius 2 is 2.50 bits per heavy atom. The standard InChI is InChI=1S/C9H11ClN2O2/c1-6(5-13)12-9(14)7-4-11-3-2-8(7)10/h2-4,6,13H,5H2,1H3,(H,12,14). The maximum Gasteiger partial charge on any atom is 0.254 e. The zero-order chi connectivity index (χ0) is 10.6. The van der Waals surface area contributed by atoms with Gasteiger partial charge in [0.25, 0.3) is 5.91 Å². The topological polar surface area (TPSA) is 62.2 Å². The van der Waals surface area contributed by atoms with E-state index in [4.69, 9.17) is 16.7 Å². The van der Waals surface area contributed by atoms with Crippen molar-refractivity contribution in [3.63, 3.8) is 0 Å². The van der Waals surface area contributed by atoms with Gasteiger partial charge < -0.3 is 10.4 Å². The Morgan fingerprint density at radius 3 is 3.07 bits per heavy atom. The molecule has 0 aromatic carbocycles. The number of pyridine rings is 1. The van der Waals surface area contributed by atoms with Crippen LogP contribution in [0.4, 0.5) is 0 Å². The first kappa shape index (κ1) is 10.9. The lowest BCUT2D eigenvalue weighted by molar-refractivity contribution is 0.0922. The molecule has 0 fully saturated rings. The number of aromatic nitrogens is 1. The Bertz CT molecular complexity index is 330. The zero-order valence-corrected chi connectivity index (χ0v) is 8.45. The number of carbonyl (C=O) groups is 1. The van der Waals surface area contributed by atoms with Crippen molar-refractivity contribution in [2.45, 2.75) is 13.0 Å². The van der Waals surface area contributed by atoms with Crippen molar-refractivity contribution in [3.05, 3.63) is 29.0 Å². The molecule has 0 aliphatic heterocycles. The van der Waals surface area contributed by atoms with E-state index >= 15 is 0 Å². The van der Waals surface area contributed by atoms with Crippen LogP contribution in [0.3, 0.4) is 0 Å². The van der Waals surface area contributed by atoms with Gasteiger partial charge in [0.1, 0.15) is 0 Å². The van der Waals surface area contributed by atoms with E-state index in [9.17, 15) is 4.79 Å². The fourth-order valence-electron chi connectivity index (χ4n) is 0.892. The average Bonchev–Trinajstić information content (AvgIpc) is 2.18. The summed E-state index contributed by atoms with van der Waals surface area (Å²) in [5.74, 6) is -0.329. The van der Waals surface area contributed by atoms with Gasteiger partial charge in [0.05, 0.1) is 17.2 Å². The Labute approximate surface area is 86.9 Å². The van der Waals surface area contributed by atoms with Gasteiger partial charge in [-0.3, -0.25) is 9.78 Å². The Kier molecular flexibility index (Phi) is 3.85. The second-order valence-electron chi connectivity index (χ2n) is 2.91. The van der Waals surface area contributed by atoms with Gasteiger partial charge in [-0.2, -0.15) is 0 Å². The van der Waals surface area contributed by atoms with E-state index in [1.165, 1.54) is 12.4 Å². The summed E-state index contributed by atoms with van der Waals surface area (Å²) in [5, 5.41) is 11.7. The summed E-state index contributed by atoms with van der Waals surface area (Å²) in [6, 6.07) is 1.25. The van der Waals surface area contributed by atoms with E-state index in [1.54, 1.807) is 13.0 Å². The molecule has 14 heavy (non-hydrogen) atoms. The highest BCUT2D eigenvalue weighted by Crippen LogP contribution is 2.12. The van der Waals surface area contributed by atoms with Crippen molar-refractivity contribution < 1.29 is 9.90 Å². The molecule has 5 heteroatoms. The van der Waals surface area contributed by atoms with Crippen LogP contribution < -0.4 is 5.32 Å². The molecule has 2 N–H and O–H groups in total. The number of nitrogens with zero attached hydrogens (tertiary/aromatic N) is 1. The molecule has 0 bridgehead atoms. The van der Waals surface area contributed by atoms with Crippen molar-refractivity contribution in [3.8, 4) is 0 Å². The first-order valence-corrected chi connectivity index (χ1v) is 4.54. The van der Waals surface area contributed by atoms with Crippen LogP contribution in [0.2, 0.25) is 5.02 Å². The smallest absolute Gasteiger partial charge is 0.254 e. The highest BCUT2D eigenvalue weighted by molar-refractivity contribution is 6.33. The molecule has 0 spiro atoms. The largest absolute Gasteiger partial charge is 0.394 e. The predicted octanol–water partition coefficient (Wildman–Crippen LogP) is 0.846. The van der Waals surface area contributed by atoms with Crippen LogP contribution in [0.5, 0.6) is 0 Å². The minimum absolute atomic E-state index is 0.108. The van der Waals surface area contributed by atoms with Crippen LogP contribution in [0, 0.1) is 0 Å². The Hall–Kier alpha value is -1.13. The predicted molar refractivity (Wildman–Crippen MR) is 53.3 cm³/mol. The SMILES string of the molecule is CC(CO)NC(=O)c1cnccc1Cl. The van der Waals surface area contributed by atoms with Gasteiger partial charge in [-0.1, -0.05) is 11.6 Å². The first-order chi connectivity index (χ1) is 6.65. The second-order valence-corrected chi connectivity index (χ2v) is 3.32. The molecular formula is C9H11ClN2O2. The number of aliphatic hydroxyl groups is 1. The minimum atomic E-state index is -0.329. The van der Waals surface area contributed by atoms with Gasteiger partial charge in [-0.25, -0.2) is 0 Å². The van der Waals surface area contributed by atoms with E-state index < -0.39 is 0 Å². The molecule has 1 aromatic rings. The second kappa shape index (κ2) is 4.93. The number of rotatable bonds is 3. The zero-order valence-electron chi connectivity index (χ0n) is 7.70. The summed E-state index contributed by atoms with van der Waals surface area (Å²) in [6.07, 6.45) is 2.90. The summed E-state index contributed by atoms with van der Waals surface area (Å²) < 4.78 is 0. The molecule has 76 valence electrons. The van der Waals surface area contributed by atoms with Crippen molar-refractivity contribution in [1.82, 2.24) is 10.3 Å². The van der Waals surface area contributed by atoms with E-state index in [-0.39, 0.29) is 18.6 Å². The molecule has 4 nitrogen and oxygen atoms in total. The Morgan fingerprint density at radius 1 is 1.79 bits per heavy atom. The van der Waals surface area contributed by atoms with Gasteiger partial charge in [-0.05, 0) is 13.0 Å². The third-order valence-corrected chi connectivity index (χ3v) is 1.99. The number of carbonyl (C=O) groups excluding carboxylic acids is 1. The number of hydrogen-bond donors (Lipinski definition) is 2. The molecule has 1 unspecified atom stereocenters. The molecule has 0 radical (unpaired) electrons. The van der Waals surface area contributed by atoms with Crippen LogP contribution in [-0.4, -0.2) is 28.6 Å². The molecule has 0 saturated heterocycles. The molecule has 1 amide bonds. The highest BCUT2D eigenvalue weighted by Gasteiger charge is 2.11. The summed E-state index contributed by atoms with van der Waals surface area (Å²) >= 11 is 5.78. The highest BCUT2D eigenvalue weighted by atomic mass is 35.5. The van der Waals surface area contributed by atoms with Crippen molar-refractivity contribution in [1.29, 1.82) is 0 Å². The van der Waals surface area contributed by atoms with Gasteiger partial charge >= 0.3 is 0 Å². The Balaban J connectivity index is 2.75. The van der Waals surface area contributed by atoms with Crippen LogP contribution in [0.15, 0.2) is 18.5 Å². The fourth-order valence-corrected chi connectivity index (χ4v) is 1.08. The molecule has 1 atom stereocenters. The number of nitrogens with one attached hydrogen (secondary N) is 1. The van der Waals surface area contributed by atoms with Crippen molar-refractivity contribution >= 4 is 17.5 Å². The number of hydrogen-bond acceptors (Lipinski definition) is 3. The third-order valence-electron chi connectivity index (χ3n) is 1.66. The molecule has 0 saturated carbocycles. The quantitative estimate of drug-likeness (QED) is 0.784. The van der Waals surface area contributed by atoms with Crippen LogP contribution >= 0.6 is 11.6 Å². The molecule has 1 aromatic heterocycles. The molecule has 1 heterocycles. The average molecular weight is 215 g/mol.